The maximum Gasteiger partial charge on any atom is 0.135 e. The van der Waals surface area contributed by atoms with E-state index in [9.17, 15) is 0 Å². The van der Waals surface area contributed by atoms with Gasteiger partial charge in [-0.2, -0.15) is 0 Å². The van der Waals surface area contributed by atoms with E-state index in [-0.39, 0.29) is 0 Å². The molecule has 0 spiro atoms. The smallest absolute Gasteiger partial charge is 0.135 e. The Morgan fingerprint density at radius 3 is 1.28 bits per heavy atom. The minimum absolute atomic E-state index is 0.881. The molecule has 2 nitrogen and oxygen atoms in total. The number of anilines is 3. The molecule has 0 aliphatic heterocycles. The molecule has 0 unspecified atom stereocenters. The van der Waals surface area contributed by atoms with E-state index in [1.807, 2.05) is 18.2 Å². The molecule has 0 fully saturated rings. The van der Waals surface area contributed by atoms with Crippen LogP contribution in [0.15, 0.2) is 241 Å². The summed E-state index contributed by atoms with van der Waals surface area (Å²) in [5.74, 6) is 0.881. The van der Waals surface area contributed by atoms with Crippen molar-refractivity contribution in [2.75, 3.05) is 4.90 Å². The minimum Gasteiger partial charge on any atom is -0.456 e. The number of nitrogens with zero attached hydrogens (tertiary/aromatic N) is 1. The van der Waals surface area contributed by atoms with Crippen LogP contribution in [0.1, 0.15) is 0 Å². The molecule has 0 radical (unpaired) electrons. The lowest BCUT2D eigenvalue weighted by atomic mass is 9.89. The molecule has 0 aliphatic rings. The zero-order valence-electron chi connectivity index (χ0n) is 31.9. The van der Waals surface area contributed by atoms with Gasteiger partial charge in [0.1, 0.15) is 11.3 Å². The highest BCUT2D eigenvalue weighted by Crippen LogP contribution is 2.41. The van der Waals surface area contributed by atoms with E-state index in [1.54, 1.807) is 0 Å². The molecule has 2 heteroatoms. The Morgan fingerprint density at radius 1 is 0.259 bits per heavy atom. The van der Waals surface area contributed by atoms with Crippen LogP contribution in [-0.2, 0) is 0 Å². The van der Waals surface area contributed by atoms with E-state index in [1.165, 1.54) is 50.1 Å². The summed E-state index contributed by atoms with van der Waals surface area (Å²) in [5, 5.41) is 1.11. The Kier molecular flexibility index (Phi) is 9.27. The lowest BCUT2D eigenvalue weighted by Gasteiger charge is -2.26. The van der Waals surface area contributed by atoms with Gasteiger partial charge in [-0.1, -0.05) is 182 Å². The van der Waals surface area contributed by atoms with Crippen molar-refractivity contribution in [1.82, 2.24) is 0 Å². The number of para-hydroxylation sites is 2. The highest BCUT2D eigenvalue weighted by Gasteiger charge is 2.16. The van der Waals surface area contributed by atoms with Crippen molar-refractivity contribution in [3.05, 3.63) is 237 Å². The molecule has 274 valence electrons. The monoisotopic (exact) mass is 741 g/mol. The largest absolute Gasteiger partial charge is 0.456 e. The molecule has 10 aromatic rings. The van der Waals surface area contributed by atoms with Gasteiger partial charge in [0, 0.05) is 28.0 Å². The molecule has 0 atom stereocenters. The van der Waals surface area contributed by atoms with Crippen molar-refractivity contribution in [3.8, 4) is 67.0 Å². The molecule has 9 aromatic carbocycles. The van der Waals surface area contributed by atoms with Crippen LogP contribution < -0.4 is 4.90 Å². The lowest BCUT2D eigenvalue weighted by molar-refractivity contribution is 0.631. The van der Waals surface area contributed by atoms with Gasteiger partial charge in [0.2, 0.25) is 0 Å². The molecular formula is C56H39NO. The molecule has 10 rings (SSSR count). The summed E-state index contributed by atoms with van der Waals surface area (Å²) in [4.78, 5) is 2.32. The fourth-order valence-electron chi connectivity index (χ4n) is 8.01. The highest BCUT2D eigenvalue weighted by molar-refractivity contribution is 5.92. The van der Waals surface area contributed by atoms with Crippen LogP contribution in [0.3, 0.4) is 0 Å². The first kappa shape index (κ1) is 34.8. The molecule has 0 bridgehead atoms. The summed E-state index contributed by atoms with van der Waals surface area (Å²) in [6.45, 7) is 0. The second-order valence-electron chi connectivity index (χ2n) is 14.5. The van der Waals surface area contributed by atoms with Crippen molar-refractivity contribution in [3.63, 3.8) is 0 Å². The van der Waals surface area contributed by atoms with Gasteiger partial charge in [0.05, 0.1) is 0 Å². The SMILES string of the molecule is c1ccc(-c2ccccc2-c2ccccc2-c2ccc(N(c3ccccc3)c3ccc(-c4ccc(-c5cccc(-c6cc7ccccc7o6)c5)cc4)cc3)cc2)cc1. The fraction of sp³-hybridized carbons (Fsp3) is 0. The number of furan rings is 1. The van der Waals surface area contributed by atoms with Gasteiger partial charge in [-0.05, 0) is 110 Å². The fourth-order valence-corrected chi connectivity index (χ4v) is 8.01. The molecule has 0 aliphatic carbocycles. The summed E-state index contributed by atoms with van der Waals surface area (Å²) < 4.78 is 6.16. The second-order valence-corrected chi connectivity index (χ2v) is 14.5. The van der Waals surface area contributed by atoms with Crippen LogP contribution in [0.2, 0.25) is 0 Å². The number of benzene rings is 9. The van der Waals surface area contributed by atoms with Crippen molar-refractivity contribution in [1.29, 1.82) is 0 Å². The summed E-state index contributed by atoms with van der Waals surface area (Å²) in [5.41, 5.74) is 17.2. The third kappa shape index (κ3) is 6.89. The van der Waals surface area contributed by atoms with E-state index in [0.717, 1.165) is 44.9 Å². The van der Waals surface area contributed by atoms with Gasteiger partial charge in [-0.25, -0.2) is 0 Å². The van der Waals surface area contributed by atoms with Crippen molar-refractivity contribution < 1.29 is 4.42 Å². The zero-order chi connectivity index (χ0) is 38.7. The van der Waals surface area contributed by atoms with Crippen LogP contribution in [0.4, 0.5) is 17.1 Å². The van der Waals surface area contributed by atoms with Gasteiger partial charge in [-0.15, -0.1) is 0 Å². The van der Waals surface area contributed by atoms with Gasteiger partial charge < -0.3 is 9.32 Å². The van der Waals surface area contributed by atoms with E-state index < -0.39 is 0 Å². The minimum atomic E-state index is 0.881. The van der Waals surface area contributed by atoms with Crippen LogP contribution in [0.5, 0.6) is 0 Å². The normalized spacial score (nSPS) is 11.1. The second kappa shape index (κ2) is 15.5. The molecule has 0 saturated carbocycles. The standard InChI is InChI=1S/C56H39NO/c1-3-14-43(15-4-1)51-21-8-10-23-53(51)54-24-11-9-22-52(54)44-32-36-50(37-33-44)57(48-19-5-2-6-20-48)49-34-30-41(31-35-49)40-26-28-42(29-27-40)45-17-13-18-46(38-45)56-39-47-16-7-12-25-55(47)58-56/h1-39H. The Bertz CT molecular complexity index is 2930. The first-order valence-corrected chi connectivity index (χ1v) is 19.7. The van der Waals surface area contributed by atoms with Crippen LogP contribution >= 0.6 is 0 Å². The summed E-state index contributed by atoms with van der Waals surface area (Å²) >= 11 is 0. The molecule has 0 amide bonds. The summed E-state index contributed by atoms with van der Waals surface area (Å²) in [6.07, 6.45) is 0. The number of fused-ring (bicyclic) bond motifs is 1. The summed E-state index contributed by atoms with van der Waals surface area (Å²) in [7, 11) is 0. The first-order chi connectivity index (χ1) is 28.7. The third-order valence-electron chi connectivity index (χ3n) is 10.9. The Morgan fingerprint density at radius 2 is 0.672 bits per heavy atom. The molecule has 1 heterocycles. The van der Waals surface area contributed by atoms with Gasteiger partial charge in [-0.3, -0.25) is 0 Å². The van der Waals surface area contributed by atoms with Gasteiger partial charge in [0.15, 0.2) is 0 Å². The van der Waals surface area contributed by atoms with Crippen LogP contribution in [-0.4, -0.2) is 0 Å². The highest BCUT2D eigenvalue weighted by atomic mass is 16.3. The maximum atomic E-state index is 6.16. The summed E-state index contributed by atoms with van der Waals surface area (Å²) in [6, 6.07) is 84.2. The van der Waals surface area contributed by atoms with Crippen LogP contribution in [0.25, 0.3) is 77.9 Å². The van der Waals surface area contributed by atoms with E-state index in [2.05, 4.69) is 223 Å². The maximum absolute atomic E-state index is 6.16. The van der Waals surface area contributed by atoms with E-state index in [4.69, 9.17) is 4.42 Å². The number of rotatable bonds is 9. The predicted molar refractivity (Wildman–Crippen MR) is 244 cm³/mol. The zero-order valence-corrected chi connectivity index (χ0v) is 31.9. The average molecular weight is 742 g/mol. The molecule has 0 N–H and O–H groups in total. The predicted octanol–water partition coefficient (Wildman–Crippen LogP) is 15.9. The van der Waals surface area contributed by atoms with Gasteiger partial charge >= 0.3 is 0 Å². The van der Waals surface area contributed by atoms with E-state index in [0.29, 0.717) is 0 Å². The average Bonchev–Trinajstić information content (AvgIpc) is 3.75. The van der Waals surface area contributed by atoms with Crippen molar-refractivity contribution in [2.24, 2.45) is 0 Å². The van der Waals surface area contributed by atoms with Crippen LogP contribution in [0, 0.1) is 0 Å². The van der Waals surface area contributed by atoms with E-state index >= 15 is 0 Å². The molecule has 58 heavy (non-hydrogen) atoms. The first-order valence-electron chi connectivity index (χ1n) is 19.7. The Hall–Kier alpha value is -7.68. The lowest BCUT2D eigenvalue weighted by Crippen LogP contribution is -2.09. The Balaban J connectivity index is 0.925. The number of hydrogen-bond donors (Lipinski definition) is 0. The number of hydrogen-bond acceptors (Lipinski definition) is 2. The molecular weight excluding hydrogens is 703 g/mol. The molecule has 0 saturated heterocycles. The molecule has 1 aromatic heterocycles. The van der Waals surface area contributed by atoms with Crippen molar-refractivity contribution >= 4 is 28.0 Å². The van der Waals surface area contributed by atoms with Gasteiger partial charge in [0.25, 0.3) is 0 Å². The topological polar surface area (TPSA) is 16.4 Å². The Labute approximate surface area is 339 Å². The quantitative estimate of drug-likeness (QED) is 0.146. The van der Waals surface area contributed by atoms with Crippen molar-refractivity contribution in [2.45, 2.75) is 0 Å². The third-order valence-corrected chi connectivity index (χ3v) is 10.9.